The average molecular weight is 269 g/mol. The van der Waals surface area contributed by atoms with Gasteiger partial charge in [0.05, 0.1) is 11.4 Å². The van der Waals surface area contributed by atoms with Crippen LogP contribution in [-0.2, 0) is 4.79 Å². The molecule has 4 heteroatoms. The Balaban J connectivity index is 2.33. The molecule has 0 saturated carbocycles. The molecule has 0 radical (unpaired) electrons. The molecule has 1 heterocycles. The van der Waals surface area contributed by atoms with E-state index < -0.39 is 0 Å². The lowest BCUT2D eigenvalue weighted by molar-refractivity contribution is -0.117. The van der Waals surface area contributed by atoms with E-state index in [0.29, 0.717) is 6.42 Å². The number of alkyl halides is 1. The van der Waals surface area contributed by atoms with E-state index in [1.807, 2.05) is 36.2 Å². The van der Waals surface area contributed by atoms with Crippen LogP contribution in [0, 0.1) is 0 Å². The molecule has 1 aromatic carbocycles. The number of halogens is 1. The summed E-state index contributed by atoms with van der Waals surface area (Å²) < 4.78 is 0. The van der Waals surface area contributed by atoms with Crippen LogP contribution in [0.25, 0.3) is 0 Å². The van der Waals surface area contributed by atoms with Crippen molar-refractivity contribution in [2.75, 3.05) is 23.8 Å². The molecule has 1 aliphatic rings. The van der Waals surface area contributed by atoms with E-state index >= 15 is 0 Å². The molecule has 15 heavy (non-hydrogen) atoms. The Morgan fingerprint density at radius 3 is 2.80 bits per heavy atom. The summed E-state index contributed by atoms with van der Waals surface area (Å²) in [4.78, 5) is 13.8. The second-order valence-corrected chi connectivity index (χ2v) is 4.87. The molecule has 1 N–H and O–H groups in total. The fraction of sp³-hybridized carbons (Fsp3) is 0.364. The van der Waals surface area contributed by atoms with Crippen molar-refractivity contribution < 1.29 is 4.79 Å². The van der Waals surface area contributed by atoms with Gasteiger partial charge in [0.1, 0.15) is 0 Å². The molecule has 1 fully saturated rings. The van der Waals surface area contributed by atoms with Crippen LogP contribution in [0.4, 0.5) is 11.4 Å². The first-order valence-corrected chi connectivity index (χ1v) is 5.85. The van der Waals surface area contributed by atoms with Crippen LogP contribution in [0.1, 0.15) is 6.42 Å². The highest BCUT2D eigenvalue weighted by atomic mass is 79.9. The summed E-state index contributed by atoms with van der Waals surface area (Å²) in [6, 6.07) is 7.85. The Morgan fingerprint density at radius 1 is 1.47 bits per heavy atom. The number of benzene rings is 1. The number of hydrogen-bond acceptors (Lipinski definition) is 2. The first-order chi connectivity index (χ1) is 7.22. The molecule has 0 aromatic heterocycles. The van der Waals surface area contributed by atoms with Crippen molar-refractivity contribution in [2.45, 2.75) is 11.2 Å². The standard InChI is InChI=1S/C11H13BrN2O/c1-13-9-4-2-3-5-10(9)14-7-8(12)6-11(14)15/h2-5,8,13H,6-7H2,1H3. The number of carbonyl (C=O) groups is 1. The van der Waals surface area contributed by atoms with Crippen molar-refractivity contribution in [1.82, 2.24) is 0 Å². The van der Waals surface area contributed by atoms with Gasteiger partial charge in [-0.15, -0.1) is 0 Å². The summed E-state index contributed by atoms with van der Waals surface area (Å²) in [6.07, 6.45) is 0.581. The van der Waals surface area contributed by atoms with Gasteiger partial charge in [0.2, 0.25) is 5.91 Å². The Hall–Kier alpha value is -1.03. The summed E-state index contributed by atoms with van der Waals surface area (Å²) in [5, 5.41) is 3.10. The van der Waals surface area contributed by atoms with E-state index in [0.717, 1.165) is 17.9 Å². The molecule has 1 saturated heterocycles. The zero-order valence-corrected chi connectivity index (χ0v) is 10.1. The summed E-state index contributed by atoms with van der Waals surface area (Å²) in [5.41, 5.74) is 1.96. The molecule has 0 spiro atoms. The fourth-order valence-corrected chi connectivity index (χ4v) is 2.38. The molecule has 1 aliphatic heterocycles. The average Bonchev–Trinajstić information content (AvgIpc) is 2.57. The van der Waals surface area contributed by atoms with E-state index in [2.05, 4.69) is 21.2 Å². The van der Waals surface area contributed by atoms with E-state index in [9.17, 15) is 4.79 Å². The highest BCUT2D eigenvalue weighted by Gasteiger charge is 2.29. The van der Waals surface area contributed by atoms with Gasteiger partial charge in [0.15, 0.2) is 0 Å². The normalized spacial score (nSPS) is 20.8. The van der Waals surface area contributed by atoms with Gasteiger partial charge in [-0.25, -0.2) is 0 Å². The Labute approximate surface area is 97.6 Å². The van der Waals surface area contributed by atoms with E-state index in [1.54, 1.807) is 0 Å². The van der Waals surface area contributed by atoms with Crippen LogP contribution < -0.4 is 10.2 Å². The topological polar surface area (TPSA) is 32.3 Å². The lowest BCUT2D eigenvalue weighted by atomic mass is 10.2. The SMILES string of the molecule is CNc1ccccc1N1CC(Br)CC1=O. The van der Waals surface area contributed by atoms with Crippen molar-refractivity contribution in [3.8, 4) is 0 Å². The van der Waals surface area contributed by atoms with Gasteiger partial charge in [0, 0.05) is 24.8 Å². The molecule has 0 bridgehead atoms. The number of anilines is 2. The van der Waals surface area contributed by atoms with Gasteiger partial charge in [-0.2, -0.15) is 0 Å². The lowest BCUT2D eigenvalue weighted by Crippen LogP contribution is -2.25. The van der Waals surface area contributed by atoms with Crippen molar-refractivity contribution in [1.29, 1.82) is 0 Å². The fourth-order valence-electron chi connectivity index (χ4n) is 1.82. The van der Waals surface area contributed by atoms with E-state index in [4.69, 9.17) is 0 Å². The van der Waals surface area contributed by atoms with Crippen molar-refractivity contribution in [2.24, 2.45) is 0 Å². The number of nitrogens with one attached hydrogen (secondary N) is 1. The minimum Gasteiger partial charge on any atom is -0.386 e. The predicted octanol–water partition coefficient (Wildman–Crippen LogP) is 2.23. The minimum atomic E-state index is 0.180. The summed E-state index contributed by atoms with van der Waals surface area (Å²) in [7, 11) is 1.87. The quantitative estimate of drug-likeness (QED) is 0.835. The van der Waals surface area contributed by atoms with Crippen LogP contribution in [0.2, 0.25) is 0 Å². The van der Waals surface area contributed by atoms with Crippen molar-refractivity contribution in [3.63, 3.8) is 0 Å². The van der Waals surface area contributed by atoms with Gasteiger partial charge in [-0.3, -0.25) is 4.79 Å². The monoisotopic (exact) mass is 268 g/mol. The molecule has 0 aliphatic carbocycles. The van der Waals surface area contributed by atoms with E-state index in [1.165, 1.54) is 0 Å². The summed E-state index contributed by atoms with van der Waals surface area (Å²) in [6.45, 7) is 0.748. The summed E-state index contributed by atoms with van der Waals surface area (Å²) in [5.74, 6) is 0.180. The Bertz CT molecular complexity index is 381. The van der Waals surface area contributed by atoms with E-state index in [-0.39, 0.29) is 10.7 Å². The minimum absolute atomic E-state index is 0.180. The molecule has 1 aromatic rings. The first kappa shape index (κ1) is 10.5. The third kappa shape index (κ3) is 2.00. The Kier molecular flexibility index (Phi) is 2.95. The lowest BCUT2D eigenvalue weighted by Gasteiger charge is -2.19. The second kappa shape index (κ2) is 4.23. The first-order valence-electron chi connectivity index (χ1n) is 4.93. The van der Waals surface area contributed by atoms with Crippen LogP contribution in [0.3, 0.4) is 0 Å². The molecular formula is C11H13BrN2O. The maximum absolute atomic E-state index is 11.7. The Morgan fingerprint density at radius 2 is 2.20 bits per heavy atom. The van der Waals surface area contributed by atoms with Gasteiger partial charge in [0.25, 0.3) is 0 Å². The zero-order chi connectivity index (χ0) is 10.8. The zero-order valence-electron chi connectivity index (χ0n) is 8.53. The summed E-state index contributed by atoms with van der Waals surface area (Å²) >= 11 is 3.48. The molecule has 80 valence electrons. The number of nitrogens with zero attached hydrogens (tertiary/aromatic N) is 1. The number of amides is 1. The molecule has 3 nitrogen and oxygen atoms in total. The third-order valence-electron chi connectivity index (χ3n) is 2.54. The van der Waals surface area contributed by atoms with Gasteiger partial charge in [-0.05, 0) is 12.1 Å². The number of rotatable bonds is 2. The van der Waals surface area contributed by atoms with Gasteiger partial charge < -0.3 is 10.2 Å². The van der Waals surface area contributed by atoms with Crippen LogP contribution in [0.5, 0.6) is 0 Å². The second-order valence-electron chi connectivity index (χ2n) is 3.57. The van der Waals surface area contributed by atoms with Crippen LogP contribution >= 0.6 is 15.9 Å². The van der Waals surface area contributed by atoms with Gasteiger partial charge >= 0.3 is 0 Å². The third-order valence-corrected chi connectivity index (χ3v) is 3.16. The molecular weight excluding hydrogens is 256 g/mol. The van der Waals surface area contributed by atoms with Crippen LogP contribution in [0.15, 0.2) is 24.3 Å². The highest BCUT2D eigenvalue weighted by Crippen LogP contribution is 2.30. The van der Waals surface area contributed by atoms with Gasteiger partial charge in [-0.1, -0.05) is 28.1 Å². The smallest absolute Gasteiger partial charge is 0.228 e. The van der Waals surface area contributed by atoms with Crippen molar-refractivity contribution in [3.05, 3.63) is 24.3 Å². The molecule has 2 rings (SSSR count). The largest absolute Gasteiger partial charge is 0.386 e. The molecule has 1 amide bonds. The maximum atomic E-state index is 11.7. The molecule has 1 unspecified atom stereocenters. The number of carbonyl (C=O) groups excluding carboxylic acids is 1. The maximum Gasteiger partial charge on any atom is 0.228 e. The predicted molar refractivity (Wildman–Crippen MR) is 65.7 cm³/mol. The molecule has 1 atom stereocenters. The number of para-hydroxylation sites is 2. The number of hydrogen-bond donors (Lipinski definition) is 1. The van der Waals surface area contributed by atoms with Crippen LogP contribution in [-0.4, -0.2) is 24.3 Å². The van der Waals surface area contributed by atoms with Crippen molar-refractivity contribution >= 4 is 33.2 Å². The highest BCUT2D eigenvalue weighted by molar-refractivity contribution is 9.09.